The Morgan fingerprint density at radius 3 is 2.52 bits per heavy atom. The van der Waals surface area contributed by atoms with Gasteiger partial charge in [-0.25, -0.2) is 15.6 Å². The second kappa shape index (κ2) is 6.65. The van der Waals surface area contributed by atoms with E-state index in [1.54, 1.807) is 6.07 Å². The lowest BCUT2D eigenvalue weighted by atomic mass is 10.4. The molecule has 0 radical (unpaired) electrons. The van der Waals surface area contributed by atoms with E-state index in [2.05, 4.69) is 25.5 Å². The van der Waals surface area contributed by atoms with Crippen LogP contribution in [0, 0.1) is 10.1 Å². The summed E-state index contributed by atoms with van der Waals surface area (Å²) in [6, 6.07) is 2.15. The monoisotopic (exact) mass is 291 g/mol. The zero-order valence-electron chi connectivity index (χ0n) is 10.4. The van der Waals surface area contributed by atoms with Gasteiger partial charge < -0.3 is 8.83 Å². The first kappa shape index (κ1) is 14.0. The summed E-state index contributed by atoms with van der Waals surface area (Å²) in [7, 11) is 0. The Bertz CT molecular complexity index is 673. The summed E-state index contributed by atoms with van der Waals surface area (Å²) in [5, 5.41) is 17.6. The summed E-state index contributed by atoms with van der Waals surface area (Å²) in [5.74, 6) is -0.411. The lowest BCUT2D eigenvalue weighted by Crippen LogP contribution is -2.28. The predicted molar refractivity (Wildman–Crippen MR) is 70.9 cm³/mol. The quantitative estimate of drug-likeness (QED) is 0.488. The number of nitrogens with one attached hydrogen (secondary N) is 2. The smallest absolute Gasteiger partial charge is 0.433 e. The van der Waals surface area contributed by atoms with Gasteiger partial charge in [0, 0.05) is 11.1 Å². The normalized spacial score (nSPS) is 11.0. The summed E-state index contributed by atoms with van der Waals surface area (Å²) < 4.78 is 9.44. The second-order valence-corrected chi connectivity index (χ2v) is 3.60. The number of furan rings is 2. The van der Waals surface area contributed by atoms with Crippen molar-refractivity contribution in [3.63, 3.8) is 0 Å². The van der Waals surface area contributed by atoms with Crippen molar-refractivity contribution in [1.82, 2.24) is 10.9 Å². The molecule has 108 valence electrons. The number of hydrogen-bond donors (Lipinski definition) is 2. The molecule has 0 fully saturated rings. The number of hydrazone groups is 2. The van der Waals surface area contributed by atoms with E-state index >= 15 is 0 Å². The zero-order chi connectivity index (χ0) is 15.1. The van der Waals surface area contributed by atoms with Gasteiger partial charge in [-0.1, -0.05) is 0 Å². The van der Waals surface area contributed by atoms with Gasteiger partial charge in [0.05, 0.1) is 31.0 Å². The molecule has 0 unspecified atom stereocenters. The molecule has 2 aromatic heterocycles. The van der Waals surface area contributed by atoms with Crippen LogP contribution in [0.1, 0.15) is 11.1 Å². The summed E-state index contributed by atoms with van der Waals surface area (Å²) in [5.41, 5.74) is 5.31. The maximum atomic E-state index is 11.3. The highest BCUT2D eigenvalue weighted by Gasteiger charge is 2.10. The average Bonchev–Trinajstić information content (AvgIpc) is 3.09. The molecule has 0 bridgehead atoms. The first-order chi connectivity index (χ1) is 10.1. The molecule has 21 heavy (non-hydrogen) atoms. The minimum Gasteiger partial charge on any atom is -0.472 e. The number of carbonyl (C=O) groups is 1. The van der Waals surface area contributed by atoms with Gasteiger partial charge in [0.2, 0.25) is 0 Å². The van der Waals surface area contributed by atoms with E-state index in [9.17, 15) is 14.9 Å². The fourth-order valence-corrected chi connectivity index (χ4v) is 1.21. The van der Waals surface area contributed by atoms with E-state index in [1.165, 1.54) is 31.0 Å². The van der Waals surface area contributed by atoms with Gasteiger partial charge in [-0.3, -0.25) is 10.1 Å². The minimum absolute atomic E-state index is 0.337. The largest absolute Gasteiger partial charge is 0.472 e. The predicted octanol–water partition coefficient (Wildman–Crippen LogP) is 1.45. The minimum atomic E-state index is -0.679. The van der Waals surface area contributed by atoms with Crippen LogP contribution in [-0.2, 0) is 0 Å². The highest BCUT2D eigenvalue weighted by molar-refractivity contribution is 5.83. The average molecular weight is 291 g/mol. The van der Waals surface area contributed by atoms with E-state index in [4.69, 9.17) is 4.42 Å². The maximum Gasteiger partial charge on any atom is 0.433 e. The van der Waals surface area contributed by atoms with Crippen molar-refractivity contribution in [2.24, 2.45) is 10.2 Å². The molecule has 2 aromatic rings. The topological polar surface area (TPSA) is 135 Å². The van der Waals surface area contributed by atoms with Crippen LogP contribution >= 0.6 is 0 Å². The number of carbonyl (C=O) groups excluding carboxylic acids is 1. The molecule has 0 aliphatic rings. The SMILES string of the molecule is O=C(N/N=C\c1ccoc1)N/N=C/c1coc([N+](=O)[O-])c1. The molecule has 2 N–H and O–H groups in total. The van der Waals surface area contributed by atoms with Gasteiger partial charge in [-0.2, -0.15) is 10.2 Å². The van der Waals surface area contributed by atoms with Gasteiger partial charge in [0.15, 0.2) is 0 Å². The number of rotatable bonds is 5. The first-order valence-electron chi connectivity index (χ1n) is 5.52. The fourth-order valence-electron chi connectivity index (χ4n) is 1.21. The number of amides is 2. The summed E-state index contributed by atoms with van der Waals surface area (Å²) in [6.07, 6.45) is 6.63. The van der Waals surface area contributed by atoms with Crippen molar-refractivity contribution in [2.75, 3.05) is 0 Å². The number of urea groups is 1. The lowest BCUT2D eigenvalue weighted by Gasteiger charge is -1.95. The molecule has 2 heterocycles. The molecular weight excluding hydrogens is 282 g/mol. The van der Waals surface area contributed by atoms with Gasteiger partial charge in [0.1, 0.15) is 11.2 Å². The van der Waals surface area contributed by atoms with Crippen molar-refractivity contribution >= 4 is 24.3 Å². The third kappa shape index (κ3) is 4.31. The Hall–Kier alpha value is -3.43. The molecule has 0 atom stereocenters. The van der Waals surface area contributed by atoms with Crippen molar-refractivity contribution in [2.45, 2.75) is 0 Å². The number of hydrogen-bond acceptors (Lipinski definition) is 7. The molecular formula is C11H9N5O5. The number of nitro groups is 1. The first-order valence-corrected chi connectivity index (χ1v) is 5.52. The van der Waals surface area contributed by atoms with Gasteiger partial charge in [0.25, 0.3) is 0 Å². The van der Waals surface area contributed by atoms with E-state index in [-0.39, 0.29) is 0 Å². The third-order valence-corrected chi connectivity index (χ3v) is 2.09. The highest BCUT2D eigenvalue weighted by atomic mass is 16.6. The van der Waals surface area contributed by atoms with Crippen LogP contribution in [-0.4, -0.2) is 23.4 Å². The van der Waals surface area contributed by atoms with Crippen LogP contribution in [0.4, 0.5) is 10.7 Å². The third-order valence-electron chi connectivity index (χ3n) is 2.09. The highest BCUT2D eigenvalue weighted by Crippen LogP contribution is 2.13. The second-order valence-electron chi connectivity index (χ2n) is 3.60. The molecule has 0 saturated heterocycles. The summed E-state index contributed by atoms with van der Waals surface area (Å²) in [4.78, 5) is 21.0. The summed E-state index contributed by atoms with van der Waals surface area (Å²) in [6.45, 7) is 0. The Balaban J connectivity index is 1.77. The molecule has 2 amide bonds. The van der Waals surface area contributed by atoms with E-state index in [1.807, 2.05) is 0 Å². The van der Waals surface area contributed by atoms with Gasteiger partial charge >= 0.3 is 11.9 Å². The van der Waals surface area contributed by atoms with Gasteiger partial charge in [-0.15, -0.1) is 0 Å². The van der Waals surface area contributed by atoms with E-state index < -0.39 is 16.8 Å². The van der Waals surface area contributed by atoms with Crippen LogP contribution in [0.5, 0.6) is 0 Å². The molecule has 10 nitrogen and oxygen atoms in total. The standard InChI is InChI=1S/C11H9N5O5/c17-11(14-12-4-8-1-2-20-6-8)15-13-5-9-3-10(16(18)19)21-7-9/h1-7H,(H2,14,15,17)/b12-4-,13-5+. The molecule has 2 rings (SSSR count). The maximum absolute atomic E-state index is 11.3. The lowest BCUT2D eigenvalue weighted by molar-refractivity contribution is -0.402. The zero-order valence-corrected chi connectivity index (χ0v) is 10.4. The van der Waals surface area contributed by atoms with Crippen molar-refractivity contribution in [3.05, 3.63) is 52.2 Å². The van der Waals surface area contributed by atoms with Gasteiger partial charge in [-0.05, 0) is 6.07 Å². The van der Waals surface area contributed by atoms with E-state index in [0.29, 0.717) is 11.1 Å². The van der Waals surface area contributed by atoms with Crippen LogP contribution in [0.25, 0.3) is 0 Å². The Labute approximate surface area is 117 Å². The summed E-state index contributed by atoms with van der Waals surface area (Å²) >= 11 is 0. The van der Waals surface area contributed by atoms with Crippen LogP contribution in [0.15, 0.2) is 50.0 Å². The van der Waals surface area contributed by atoms with Crippen molar-refractivity contribution < 1.29 is 18.6 Å². The molecule has 0 saturated carbocycles. The Morgan fingerprint density at radius 2 is 1.95 bits per heavy atom. The molecule has 0 spiro atoms. The van der Waals surface area contributed by atoms with Crippen LogP contribution < -0.4 is 10.9 Å². The molecule has 10 heteroatoms. The Morgan fingerprint density at radius 1 is 1.24 bits per heavy atom. The molecule has 0 aliphatic heterocycles. The fraction of sp³-hybridized carbons (Fsp3) is 0. The molecule has 0 aromatic carbocycles. The van der Waals surface area contributed by atoms with Crippen LogP contribution in [0.3, 0.4) is 0 Å². The van der Waals surface area contributed by atoms with Crippen LogP contribution in [0.2, 0.25) is 0 Å². The van der Waals surface area contributed by atoms with Crippen molar-refractivity contribution in [1.29, 1.82) is 0 Å². The molecule has 0 aliphatic carbocycles. The van der Waals surface area contributed by atoms with Crippen molar-refractivity contribution in [3.8, 4) is 0 Å². The number of nitrogens with zero attached hydrogens (tertiary/aromatic N) is 3. The Kier molecular flexibility index (Phi) is 4.43. The van der Waals surface area contributed by atoms with E-state index in [0.717, 1.165) is 6.26 Å².